The number of amides is 1. The average Bonchev–Trinajstić information content (AvgIpc) is 2.53. The van der Waals surface area contributed by atoms with E-state index in [1.807, 2.05) is 0 Å². The maximum Gasteiger partial charge on any atom is 0.326 e. The van der Waals surface area contributed by atoms with Crippen LogP contribution in [-0.2, 0) is 9.59 Å². The van der Waals surface area contributed by atoms with Crippen molar-refractivity contribution in [1.82, 2.24) is 4.90 Å². The van der Waals surface area contributed by atoms with Crippen molar-refractivity contribution in [2.24, 2.45) is 11.3 Å². The van der Waals surface area contributed by atoms with Crippen molar-refractivity contribution in [3.8, 4) is 0 Å². The molecule has 120 valence electrons. The molecule has 0 aliphatic heterocycles. The quantitative estimate of drug-likeness (QED) is 0.764. The molecule has 0 bridgehead atoms. The molecule has 2 saturated carbocycles. The maximum atomic E-state index is 11.4. The van der Waals surface area contributed by atoms with Crippen LogP contribution >= 0.6 is 0 Å². The van der Waals surface area contributed by atoms with E-state index in [0.29, 0.717) is 12.5 Å². The highest BCUT2D eigenvalue weighted by Gasteiger charge is 2.42. The van der Waals surface area contributed by atoms with E-state index in [2.05, 4.69) is 0 Å². The Morgan fingerprint density at radius 3 is 2.29 bits per heavy atom. The predicted molar refractivity (Wildman–Crippen MR) is 82.0 cm³/mol. The summed E-state index contributed by atoms with van der Waals surface area (Å²) in [4.78, 5) is 24.2. The summed E-state index contributed by atoms with van der Waals surface area (Å²) in [7, 11) is 0. The van der Waals surface area contributed by atoms with Gasteiger partial charge in [0.15, 0.2) is 0 Å². The van der Waals surface area contributed by atoms with Crippen molar-refractivity contribution in [2.45, 2.75) is 77.2 Å². The topological polar surface area (TPSA) is 57.6 Å². The number of carbonyl (C=O) groups is 2. The van der Waals surface area contributed by atoms with Gasteiger partial charge >= 0.3 is 5.97 Å². The van der Waals surface area contributed by atoms with Gasteiger partial charge in [0.2, 0.25) is 6.41 Å². The molecule has 1 atom stereocenters. The van der Waals surface area contributed by atoms with Gasteiger partial charge in [0.25, 0.3) is 0 Å². The van der Waals surface area contributed by atoms with Gasteiger partial charge in [-0.15, -0.1) is 0 Å². The molecular formula is C17H29NO3. The summed E-state index contributed by atoms with van der Waals surface area (Å²) < 4.78 is 0. The zero-order valence-electron chi connectivity index (χ0n) is 13.2. The van der Waals surface area contributed by atoms with Crippen LogP contribution in [0.25, 0.3) is 0 Å². The Morgan fingerprint density at radius 1 is 1.19 bits per heavy atom. The molecule has 0 spiro atoms. The Morgan fingerprint density at radius 2 is 1.76 bits per heavy atom. The molecule has 2 fully saturated rings. The van der Waals surface area contributed by atoms with Crippen LogP contribution in [0.2, 0.25) is 0 Å². The number of nitrogens with zero attached hydrogens (tertiary/aromatic N) is 1. The summed E-state index contributed by atoms with van der Waals surface area (Å²) in [6, 6.07) is -0.718. The number of carbonyl (C=O) groups excluding carboxylic acids is 1. The monoisotopic (exact) mass is 295 g/mol. The molecule has 0 radical (unpaired) electrons. The average molecular weight is 295 g/mol. The van der Waals surface area contributed by atoms with Crippen LogP contribution in [0.4, 0.5) is 0 Å². The minimum absolute atomic E-state index is 0.170. The van der Waals surface area contributed by atoms with E-state index in [0.717, 1.165) is 19.3 Å². The van der Waals surface area contributed by atoms with Crippen LogP contribution in [0.1, 0.15) is 71.1 Å². The van der Waals surface area contributed by atoms with E-state index in [4.69, 9.17) is 0 Å². The summed E-state index contributed by atoms with van der Waals surface area (Å²) in [6.07, 6.45) is 13.2. The number of rotatable bonds is 6. The Balaban J connectivity index is 2.14. The zero-order chi connectivity index (χ0) is 15.3. The normalized spacial score (nSPS) is 24.2. The lowest BCUT2D eigenvalue weighted by molar-refractivity contribution is -0.147. The second-order valence-corrected chi connectivity index (χ2v) is 7.05. The second-order valence-electron chi connectivity index (χ2n) is 7.05. The van der Waals surface area contributed by atoms with Crippen molar-refractivity contribution in [3.63, 3.8) is 0 Å². The Hall–Kier alpha value is -1.06. The van der Waals surface area contributed by atoms with Crippen molar-refractivity contribution < 1.29 is 14.7 Å². The number of hydrogen-bond donors (Lipinski definition) is 1. The third kappa shape index (κ3) is 3.78. The fourth-order valence-corrected chi connectivity index (χ4v) is 4.44. The molecule has 4 nitrogen and oxygen atoms in total. The van der Waals surface area contributed by atoms with E-state index in [-0.39, 0.29) is 5.41 Å². The SMILES string of the molecule is CC(C(=O)O)N(C=O)CC1(C2CCCCC2)CCCCC1. The molecule has 2 rings (SSSR count). The highest BCUT2D eigenvalue weighted by Crippen LogP contribution is 2.48. The molecule has 1 N–H and O–H groups in total. The molecular weight excluding hydrogens is 266 g/mol. The van der Waals surface area contributed by atoms with Crippen LogP contribution in [0, 0.1) is 11.3 Å². The van der Waals surface area contributed by atoms with Crippen molar-refractivity contribution in [2.75, 3.05) is 6.54 Å². The van der Waals surface area contributed by atoms with Gasteiger partial charge in [0.1, 0.15) is 6.04 Å². The largest absolute Gasteiger partial charge is 0.480 e. The number of hydrogen-bond acceptors (Lipinski definition) is 2. The maximum absolute atomic E-state index is 11.4. The lowest BCUT2D eigenvalue weighted by atomic mass is 9.61. The van der Waals surface area contributed by atoms with Crippen LogP contribution < -0.4 is 0 Å². The first-order valence-electron chi connectivity index (χ1n) is 8.53. The second kappa shape index (κ2) is 7.28. The standard InChI is InChI=1S/C17H29NO3/c1-14(16(20)21)18(13-19)12-17(10-6-3-7-11-17)15-8-4-2-5-9-15/h13-15H,2-12H2,1H3,(H,20,21). The molecule has 0 heterocycles. The third-order valence-corrected chi connectivity index (χ3v) is 5.81. The Labute approximate surface area is 127 Å². The lowest BCUT2D eigenvalue weighted by Crippen LogP contribution is -2.49. The van der Waals surface area contributed by atoms with Crippen molar-refractivity contribution in [3.05, 3.63) is 0 Å². The molecule has 2 aliphatic rings. The highest BCUT2D eigenvalue weighted by molar-refractivity contribution is 5.75. The highest BCUT2D eigenvalue weighted by atomic mass is 16.4. The first kappa shape index (κ1) is 16.3. The molecule has 4 heteroatoms. The summed E-state index contributed by atoms with van der Waals surface area (Å²) in [5.74, 6) is -0.230. The molecule has 2 aliphatic carbocycles. The Kier molecular flexibility index (Phi) is 5.65. The molecule has 1 unspecified atom stereocenters. The summed E-state index contributed by atoms with van der Waals surface area (Å²) >= 11 is 0. The van der Waals surface area contributed by atoms with Gasteiger partial charge in [-0.05, 0) is 43.9 Å². The molecule has 0 aromatic carbocycles. The number of carboxylic acid groups (broad SMARTS) is 1. The van der Waals surface area contributed by atoms with Gasteiger partial charge < -0.3 is 10.0 Å². The van der Waals surface area contributed by atoms with Gasteiger partial charge in [0, 0.05) is 6.54 Å². The van der Waals surface area contributed by atoms with Crippen LogP contribution in [-0.4, -0.2) is 35.0 Å². The number of carboxylic acids is 1. The molecule has 21 heavy (non-hydrogen) atoms. The van der Waals surface area contributed by atoms with Gasteiger partial charge in [0.05, 0.1) is 0 Å². The van der Waals surface area contributed by atoms with Gasteiger partial charge in [-0.3, -0.25) is 4.79 Å². The van der Waals surface area contributed by atoms with E-state index in [1.54, 1.807) is 6.92 Å². The predicted octanol–water partition coefficient (Wildman–Crippen LogP) is 3.45. The zero-order valence-corrected chi connectivity index (χ0v) is 13.2. The minimum atomic E-state index is -0.906. The molecule has 1 amide bonds. The van der Waals surface area contributed by atoms with Crippen LogP contribution in [0.5, 0.6) is 0 Å². The van der Waals surface area contributed by atoms with Gasteiger partial charge in [-0.25, -0.2) is 4.79 Å². The van der Waals surface area contributed by atoms with Crippen molar-refractivity contribution in [1.29, 1.82) is 0 Å². The van der Waals surface area contributed by atoms with E-state index in [1.165, 1.54) is 56.3 Å². The van der Waals surface area contributed by atoms with Crippen molar-refractivity contribution >= 4 is 12.4 Å². The first-order valence-corrected chi connectivity index (χ1v) is 8.53. The fraction of sp³-hybridized carbons (Fsp3) is 0.882. The van der Waals surface area contributed by atoms with Crippen LogP contribution in [0.15, 0.2) is 0 Å². The van der Waals surface area contributed by atoms with Gasteiger partial charge in [-0.1, -0.05) is 38.5 Å². The Bertz CT molecular complexity index is 357. The van der Waals surface area contributed by atoms with Crippen LogP contribution in [0.3, 0.4) is 0 Å². The molecule has 0 aromatic heterocycles. The van der Waals surface area contributed by atoms with E-state index >= 15 is 0 Å². The summed E-state index contributed by atoms with van der Waals surface area (Å²) in [5.41, 5.74) is 0.170. The summed E-state index contributed by atoms with van der Waals surface area (Å²) in [6.45, 7) is 2.25. The lowest BCUT2D eigenvalue weighted by Gasteiger charge is -2.48. The van der Waals surface area contributed by atoms with E-state index < -0.39 is 12.0 Å². The molecule has 0 saturated heterocycles. The summed E-state index contributed by atoms with van der Waals surface area (Å²) in [5, 5.41) is 9.21. The molecule has 0 aromatic rings. The van der Waals surface area contributed by atoms with E-state index in [9.17, 15) is 14.7 Å². The third-order valence-electron chi connectivity index (χ3n) is 5.81. The fourth-order valence-electron chi connectivity index (χ4n) is 4.44. The number of aliphatic carboxylic acids is 1. The first-order chi connectivity index (χ1) is 10.1. The minimum Gasteiger partial charge on any atom is -0.480 e. The smallest absolute Gasteiger partial charge is 0.326 e. The van der Waals surface area contributed by atoms with Gasteiger partial charge in [-0.2, -0.15) is 0 Å².